The van der Waals surface area contributed by atoms with Crippen LogP contribution < -0.4 is 4.74 Å². The van der Waals surface area contributed by atoms with Gasteiger partial charge in [-0.25, -0.2) is 14.8 Å². The van der Waals surface area contributed by atoms with Gasteiger partial charge >= 0.3 is 5.97 Å². The lowest BCUT2D eigenvalue weighted by Crippen LogP contribution is -2.00. The van der Waals surface area contributed by atoms with Gasteiger partial charge in [-0.05, 0) is 12.1 Å². The number of rotatable bonds is 2. The summed E-state index contributed by atoms with van der Waals surface area (Å²) in [4.78, 5) is 18.7. The summed E-state index contributed by atoms with van der Waals surface area (Å²) in [7, 11) is 1.48. The van der Waals surface area contributed by atoms with Crippen molar-refractivity contribution in [3.8, 4) is 5.75 Å². The third-order valence-electron chi connectivity index (χ3n) is 2.05. The minimum atomic E-state index is -1.03. The minimum absolute atomic E-state index is 0.117. The van der Waals surface area contributed by atoms with Crippen molar-refractivity contribution in [2.75, 3.05) is 7.11 Å². The highest BCUT2D eigenvalue weighted by Crippen LogP contribution is 2.22. The van der Waals surface area contributed by atoms with E-state index < -0.39 is 5.97 Å². The van der Waals surface area contributed by atoms with Gasteiger partial charge in [0.25, 0.3) is 0 Å². The first-order valence-electron chi connectivity index (χ1n) is 4.23. The topological polar surface area (TPSA) is 72.3 Å². The maximum absolute atomic E-state index is 11.0. The maximum atomic E-state index is 11.0. The number of methoxy groups -OCH3 is 1. The van der Waals surface area contributed by atoms with E-state index in [1.54, 1.807) is 12.3 Å². The van der Waals surface area contributed by atoms with Gasteiger partial charge in [-0.15, -0.1) is 0 Å². The average Bonchev–Trinajstić information content (AvgIpc) is 2.27. The van der Waals surface area contributed by atoms with Gasteiger partial charge in [-0.1, -0.05) is 0 Å². The molecule has 0 fully saturated rings. The Labute approximate surface area is 85.4 Å². The van der Waals surface area contributed by atoms with Gasteiger partial charge in [-0.2, -0.15) is 0 Å². The smallest absolute Gasteiger partial charge is 0.338 e. The molecule has 0 saturated carbocycles. The van der Waals surface area contributed by atoms with Crippen LogP contribution in [0.15, 0.2) is 24.7 Å². The number of nitrogens with zero attached hydrogens (tertiary/aromatic N) is 2. The summed E-state index contributed by atoms with van der Waals surface area (Å²) in [5.74, 6) is -0.549. The Kier molecular flexibility index (Phi) is 2.21. The van der Waals surface area contributed by atoms with Crippen LogP contribution >= 0.6 is 0 Å². The number of carbonyl (C=O) groups is 1. The number of fused-ring (bicyclic) bond motifs is 1. The van der Waals surface area contributed by atoms with Gasteiger partial charge in [0.15, 0.2) is 0 Å². The predicted molar refractivity (Wildman–Crippen MR) is 53.0 cm³/mol. The summed E-state index contributed by atoms with van der Waals surface area (Å²) in [5.41, 5.74) is 0.532. The Morgan fingerprint density at radius 1 is 1.47 bits per heavy atom. The third-order valence-corrected chi connectivity index (χ3v) is 2.05. The SMILES string of the molecule is COc1cc(C(=O)O)c2ncncc2c1. The molecular weight excluding hydrogens is 196 g/mol. The molecule has 0 atom stereocenters. The quantitative estimate of drug-likeness (QED) is 0.799. The molecule has 0 saturated heterocycles. The zero-order valence-electron chi connectivity index (χ0n) is 7.97. The van der Waals surface area contributed by atoms with Crippen LogP contribution in [0.3, 0.4) is 0 Å². The first-order chi connectivity index (χ1) is 7.22. The highest BCUT2D eigenvalue weighted by atomic mass is 16.5. The standard InChI is InChI=1S/C10H8N2O3/c1-15-7-2-6-4-11-5-12-9(6)8(3-7)10(13)14/h2-5H,1H3,(H,13,14). The number of hydrogen-bond donors (Lipinski definition) is 1. The molecule has 15 heavy (non-hydrogen) atoms. The highest BCUT2D eigenvalue weighted by molar-refractivity contribution is 6.02. The predicted octanol–water partition coefficient (Wildman–Crippen LogP) is 1.34. The molecule has 2 rings (SSSR count). The van der Waals surface area contributed by atoms with Crippen molar-refractivity contribution in [3.05, 3.63) is 30.2 Å². The second kappa shape index (κ2) is 3.53. The third kappa shape index (κ3) is 1.59. The van der Waals surface area contributed by atoms with Crippen molar-refractivity contribution in [3.63, 3.8) is 0 Å². The molecule has 2 aromatic rings. The van der Waals surface area contributed by atoms with Crippen LogP contribution in [-0.4, -0.2) is 28.2 Å². The number of ether oxygens (including phenoxy) is 1. The van der Waals surface area contributed by atoms with E-state index in [9.17, 15) is 4.79 Å². The van der Waals surface area contributed by atoms with E-state index in [2.05, 4.69) is 9.97 Å². The Hall–Kier alpha value is -2.17. The Balaban J connectivity index is 2.80. The maximum Gasteiger partial charge on any atom is 0.338 e. The van der Waals surface area contributed by atoms with Gasteiger partial charge < -0.3 is 9.84 Å². The molecule has 0 aliphatic heterocycles. The summed E-state index contributed by atoms with van der Waals surface area (Å²) in [5, 5.41) is 9.63. The molecule has 5 nitrogen and oxygen atoms in total. The Morgan fingerprint density at radius 2 is 2.27 bits per heavy atom. The van der Waals surface area contributed by atoms with Crippen LogP contribution in [0.2, 0.25) is 0 Å². The highest BCUT2D eigenvalue weighted by Gasteiger charge is 2.11. The van der Waals surface area contributed by atoms with Gasteiger partial charge in [0.2, 0.25) is 0 Å². The van der Waals surface area contributed by atoms with Crippen LogP contribution in [0.5, 0.6) is 5.75 Å². The molecule has 1 N–H and O–H groups in total. The monoisotopic (exact) mass is 204 g/mol. The first-order valence-corrected chi connectivity index (χ1v) is 4.23. The van der Waals surface area contributed by atoms with Gasteiger partial charge in [0.05, 0.1) is 18.2 Å². The van der Waals surface area contributed by atoms with Crippen LogP contribution in [0, 0.1) is 0 Å². The van der Waals surface area contributed by atoms with Crippen molar-refractivity contribution < 1.29 is 14.6 Å². The number of aromatic nitrogens is 2. The average molecular weight is 204 g/mol. The number of aromatic carboxylic acids is 1. The second-order valence-electron chi connectivity index (χ2n) is 2.94. The minimum Gasteiger partial charge on any atom is -0.497 e. The van der Waals surface area contributed by atoms with E-state index in [1.165, 1.54) is 19.5 Å². The lowest BCUT2D eigenvalue weighted by molar-refractivity contribution is 0.0698. The van der Waals surface area contributed by atoms with E-state index in [-0.39, 0.29) is 5.56 Å². The molecule has 0 bridgehead atoms. The Bertz CT molecular complexity index is 525. The molecule has 76 valence electrons. The van der Waals surface area contributed by atoms with E-state index in [0.29, 0.717) is 16.7 Å². The lowest BCUT2D eigenvalue weighted by atomic mass is 10.1. The number of carboxylic acid groups (broad SMARTS) is 1. The van der Waals surface area contributed by atoms with E-state index in [0.717, 1.165) is 0 Å². The van der Waals surface area contributed by atoms with Gasteiger partial charge in [0, 0.05) is 11.6 Å². The molecular formula is C10H8N2O3. The molecule has 0 aliphatic carbocycles. The molecule has 0 spiro atoms. The summed E-state index contributed by atoms with van der Waals surface area (Å²) >= 11 is 0. The number of hydrogen-bond acceptors (Lipinski definition) is 4. The van der Waals surface area contributed by atoms with Crippen molar-refractivity contribution in [2.24, 2.45) is 0 Å². The molecule has 1 aromatic carbocycles. The molecule has 5 heteroatoms. The van der Waals surface area contributed by atoms with Crippen molar-refractivity contribution in [2.45, 2.75) is 0 Å². The van der Waals surface area contributed by atoms with Crippen LogP contribution in [-0.2, 0) is 0 Å². The fourth-order valence-electron chi connectivity index (χ4n) is 1.36. The van der Waals surface area contributed by atoms with Gasteiger partial charge in [0.1, 0.15) is 12.1 Å². The van der Waals surface area contributed by atoms with Gasteiger partial charge in [-0.3, -0.25) is 0 Å². The fourth-order valence-corrected chi connectivity index (χ4v) is 1.36. The zero-order chi connectivity index (χ0) is 10.8. The summed E-state index contributed by atoms with van der Waals surface area (Å²) in [6.07, 6.45) is 2.87. The van der Waals surface area contributed by atoms with Crippen molar-refractivity contribution in [1.29, 1.82) is 0 Å². The summed E-state index contributed by atoms with van der Waals surface area (Å²) in [6, 6.07) is 3.14. The molecule has 0 unspecified atom stereocenters. The molecule has 0 aliphatic rings. The van der Waals surface area contributed by atoms with Crippen LogP contribution in [0.1, 0.15) is 10.4 Å². The second-order valence-corrected chi connectivity index (χ2v) is 2.94. The zero-order valence-corrected chi connectivity index (χ0v) is 7.97. The lowest BCUT2D eigenvalue weighted by Gasteiger charge is -2.04. The molecule has 1 heterocycles. The van der Waals surface area contributed by atoms with Crippen LogP contribution in [0.25, 0.3) is 10.9 Å². The van der Waals surface area contributed by atoms with E-state index in [4.69, 9.17) is 9.84 Å². The first kappa shape index (κ1) is 9.39. The number of carboxylic acids is 1. The van der Waals surface area contributed by atoms with E-state index >= 15 is 0 Å². The molecule has 1 aromatic heterocycles. The van der Waals surface area contributed by atoms with Crippen molar-refractivity contribution in [1.82, 2.24) is 9.97 Å². The Morgan fingerprint density at radius 3 is 2.93 bits per heavy atom. The summed E-state index contributed by atoms with van der Waals surface area (Å²) in [6.45, 7) is 0. The van der Waals surface area contributed by atoms with Crippen LogP contribution in [0.4, 0.5) is 0 Å². The normalized spacial score (nSPS) is 10.2. The summed E-state index contributed by atoms with van der Waals surface area (Å²) < 4.78 is 4.99. The molecule has 0 radical (unpaired) electrons. The van der Waals surface area contributed by atoms with E-state index in [1.807, 2.05) is 0 Å². The number of benzene rings is 1. The van der Waals surface area contributed by atoms with Crippen molar-refractivity contribution >= 4 is 16.9 Å². The fraction of sp³-hybridized carbons (Fsp3) is 0.100. The largest absolute Gasteiger partial charge is 0.497 e. The molecule has 0 amide bonds.